The van der Waals surface area contributed by atoms with E-state index in [1.807, 2.05) is 6.08 Å². The first kappa shape index (κ1) is 53.9. The van der Waals surface area contributed by atoms with Crippen molar-refractivity contribution in [1.82, 2.24) is 0 Å². The zero-order chi connectivity index (χ0) is 41.5. The van der Waals surface area contributed by atoms with Gasteiger partial charge in [0.1, 0.15) is 13.2 Å². The van der Waals surface area contributed by atoms with Crippen LogP contribution < -0.4 is 0 Å². The van der Waals surface area contributed by atoms with E-state index >= 15 is 0 Å². The first-order valence-corrected chi connectivity index (χ1v) is 23.5. The number of esters is 3. The summed E-state index contributed by atoms with van der Waals surface area (Å²) in [5, 5.41) is 0. The Morgan fingerprint density at radius 2 is 0.772 bits per heavy atom. The molecule has 0 radical (unpaired) electrons. The van der Waals surface area contributed by atoms with Crippen molar-refractivity contribution in [2.45, 2.75) is 219 Å². The van der Waals surface area contributed by atoms with Crippen molar-refractivity contribution in [3.05, 3.63) is 72.9 Å². The Labute approximate surface area is 351 Å². The highest BCUT2D eigenvalue weighted by Gasteiger charge is 2.19. The van der Waals surface area contributed by atoms with Gasteiger partial charge in [-0.05, 0) is 70.6 Å². The molecule has 1 unspecified atom stereocenters. The quantitative estimate of drug-likeness (QED) is 0.0202. The maximum Gasteiger partial charge on any atom is 0.306 e. The highest BCUT2D eigenvalue weighted by atomic mass is 16.6. The van der Waals surface area contributed by atoms with Crippen LogP contribution in [0.25, 0.3) is 0 Å². The van der Waals surface area contributed by atoms with Gasteiger partial charge in [-0.25, -0.2) is 0 Å². The lowest BCUT2D eigenvalue weighted by Crippen LogP contribution is -2.30. The van der Waals surface area contributed by atoms with Crippen LogP contribution in [-0.2, 0) is 28.6 Å². The van der Waals surface area contributed by atoms with Crippen molar-refractivity contribution in [1.29, 1.82) is 0 Å². The summed E-state index contributed by atoms with van der Waals surface area (Å²) in [5.74, 6) is -0.982. The van der Waals surface area contributed by atoms with Crippen LogP contribution in [0.3, 0.4) is 0 Å². The third-order valence-electron chi connectivity index (χ3n) is 9.76. The van der Waals surface area contributed by atoms with Gasteiger partial charge in [-0.3, -0.25) is 14.4 Å². The molecule has 0 aliphatic heterocycles. The molecule has 0 aliphatic rings. The van der Waals surface area contributed by atoms with Crippen LogP contribution in [0.1, 0.15) is 213 Å². The molecule has 0 fully saturated rings. The van der Waals surface area contributed by atoms with Gasteiger partial charge in [0.15, 0.2) is 6.10 Å². The van der Waals surface area contributed by atoms with E-state index in [1.54, 1.807) is 0 Å². The first-order chi connectivity index (χ1) is 28.0. The molecule has 0 rings (SSSR count). The van der Waals surface area contributed by atoms with E-state index in [1.165, 1.54) is 83.5 Å². The van der Waals surface area contributed by atoms with E-state index < -0.39 is 6.10 Å². The summed E-state index contributed by atoms with van der Waals surface area (Å²) in [5.41, 5.74) is 0. The highest BCUT2D eigenvalue weighted by Crippen LogP contribution is 2.13. The lowest BCUT2D eigenvalue weighted by atomic mass is 10.1. The summed E-state index contributed by atoms with van der Waals surface area (Å²) < 4.78 is 16.6. The molecule has 57 heavy (non-hydrogen) atoms. The maximum atomic E-state index is 12.7. The van der Waals surface area contributed by atoms with Crippen molar-refractivity contribution in [2.75, 3.05) is 13.2 Å². The van der Waals surface area contributed by atoms with Crippen LogP contribution in [-0.4, -0.2) is 37.2 Å². The van der Waals surface area contributed by atoms with Crippen molar-refractivity contribution in [3.63, 3.8) is 0 Å². The number of carbonyl (C=O) groups is 3. The van der Waals surface area contributed by atoms with Gasteiger partial charge in [0.05, 0.1) is 0 Å². The molecule has 6 heteroatoms. The minimum Gasteiger partial charge on any atom is -0.462 e. The number of hydrogen-bond donors (Lipinski definition) is 0. The average Bonchev–Trinajstić information content (AvgIpc) is 3.21. The minimum absolute atomic E-state index is 0.0992. The fourth-order valence-corrected chi connectivity index (χ4v) is 6.22. The summed E-state index contributed by atoms with van der Waals surface area (Å²) in [4.78, 5) is 37.7. The standard InChI is InChI=1S/C51H86O6/c1-4-7-10-13-16-19-21-23-24-25-26-28-29-32-35-38-41-44-50(53)56-47-48(46-55-49(52)43-40-37-34-31-18-15-12-9-6-3)57-51(54)45-42-39-36-33-30-27-22-20-17-14-11-8-5-2/h8,11,14,17,20,22-24,26,28,32,35,48H,4-7,9-10,12-13,15-16,18-19,21,25,27,29-31,33-34,36-47H2,1-3H3/b11-8-,17-14-,22-20-,24-23-,28-26-,35-32-. The largest absolute Gasteiger partial charge is 0.462 e. The van der Waals surface area contributed by atoms with Gasteiger partial charge < -0.3 is 14.2 Å². The van der Waals surface area contributed by atoms with Crippen LogP contribution in [0.2, 0.25) is 0 Å². The molecule has 0 saturated heterocycles. The smallest absolute Gasteiger partial charge is 0.306 e. The summed E-state index contributed by atoms with van der Waals surface area (Å²) in [6, 6.07) is 0. The zero-order valence-corrected chi connectivity index (χ0v) is 37.1. The lowest BCUT2D eigenvalue weighted by Gasteiger charge is -2.18. The third-order valence-corrected chi connectivity index (χ3v) is 9.76. The predicted octanol–water partition coefficient (Wildman–Crippen LogP) is 15.1. The molecular weight excluding hydrogens is 709 g/mol. The number of allylic oxidation sites excluding steroid dienone is 12. The number of rotatable bonds is 41. The SMILES string of the molecule is CC\C=C/C=C\C=C/CCCCCCCC(=O)OC(COC(=O)CCC/C=C\C/C=C\C/C=C\CCCCCCCC)COC(=O)CCCCCCCCCCC. The van der Waals surface area contributed by atoms with Crippen LogP contribution in [0.5, 0.6) is 0 Å². The van der Waals surface area contributed by atoms with Crippen LogP contribution >= 0.6 is 0 Å². The van der Waals surface area contributed by atoms with E-state index in [2.05, 4.69) is 87.6 Å². The molecule has 0 aliphatic carbocycles. The van der Waals surface area contributed by atoms with Gasteiger partial charge in [-0.2, -0.15) is 0 Å². The second-order valence-electron chi connectivity index (χ2n) is 15.3. The molecule has 0 saturated carbocycles. The van der Waals surface area contributed by atoms with E-state index in [4.69, 9.17) is 14.2 Å². The molecule has 1 atom stereocenters. The molecule has 0 bridgehead atoms. The fourth-order valence-electron chi connectivity index (χ4n) is 6.22. The maximum absolute atomic E-state index is 12.7. The van der Waals surface area contributed by atoms with Gasteiger partial charge in [0, 0.05) is 19.3 Å². The summed E-state index contributed by atoms with van der Waals surface area (Å²) in [7, 11) is 0. The highest BCUT2D eigenvalue weighted by molar-refractivity contribution is 5.71. The monoisotopic (exact) mass is 795 g/mol. The third kappa shape index (κ3) is 43.8. The first-order valence-electron chi connectivity index (χ1n) is 23.5. The van der Waals surface area contributed by atoms with Crippen molar-refractivity contribution in [3.8, 4) is 0 Å². The summed E-state index contributed by atoms with van der Waals surface area (Å²) in [6.45, 7) is 6.40. The number of ether oxygens (including phenoxy) is 3. The second kappa shape index (κ2) is 45.6. The van der Waals surface area contributed by atoms with Crippen molar-refractivity contribution in [2.24, 2.45) is 0 Å². The summed E-state index contributed by atoms with van der Waals surface area (Å²) >= 11 is 0. The van der Waals surface area contributed by atoms with Gasteiger partial charge in [-0.15, -0.1) is 0 Å². The Morgan fingerprint density at radius 1 is 0.386 bits per heavy atom. The zero-order valence-electron chi connectivity index (χ0n) is 37.1. The second-order valence-corrected chi connectivity index (χ2v) is 15.3. The number of carbonyl (C=O) groups excluding carboxylic acids is 3. The van der Waals surface area contributed by atoms with Gasteiger partial charge in [0.2, 0.25) is 0 Å². The Hall–Kier alpha value is -3.15. The number of unbranched alkanes of at least 4 members (excludes halogenated alkanes) is 20. The molecule has 0 aromatic rings. The Morgan fingerprint density at radius 3 is 1.28 bits per heavy atom. The molecule has 0 aromatic carbocycles. The lowest BCUT2D eigenvalue weighted by molar-refractivity contribution is -0.167. The van der Waals surface area contributed by atoms with Gasteiger partial charge in [0.25, 0.3) is 0 Å². The Kier molecular flexibility index (Phi) is 43.0. The molecule has 326 valence electrons. The van der Waals surface area contributed by atoms with Gasteiger partial charge in [-0.1, -0.05) is 196 Å². The van der Waals surface area contributed by atoms with Gasteiger partial charge >= 0.3 is 17.9 Å². The van der Waals surface area contributed by atoms with E-state index in [-0.39, 0.29) is 37.5 Å². The van der Waals surface area contributed by atoms with Crippen LogP contribution in [0, 0.1) is 0 Å². The Bertz CT molecular complexity index is 1100. The van der Waals surface area contributed by atoms with Crippen LogP contribution in [0.15, 0.2) is 72.9 Å². The average molecular weight is 795 g/mol. The van der Waals surface area contributed by atoms with Crippen LogP contribution in [0.4, 0.5) is 0 Å². The minimum atomic E-state index is -0.802. The van der Waals surface area contributed by atoms with E-state index in [0.29, 0.717) is 19.3 Å². The van der Waals surface area contributed by atoms with Crippen molar-refractivity contribution < 1.29 is 28.6 Å². The Balaban J connectivity index is 4.46. The van der Waals surface area contributed by atoms with Crippen molar-refractivity contribution >= 4 is 17.9 Å². The molecule has 0 N–H and O–H groups in total. The molecule has 6 nitrogen and oxygen atoms in total. The van der Waals surface area contributed by atoms with E-state index in [0.717, 1.165) is 83.5 Å². The molecule has 0 heterocycles. The number of hydrogen-bond acceptors (Lipinski definition) is 6. The molecule has 0 aromatic heterocycles. The topological polar surface area (TPSA) is 78.9 Å². The van der Waals surface area contributed by atoms with E-state index in [9.17, 15) is 14.4 Å². The fraction of sp³-hybridized carbons (Fsp3) is 0.706. The molecular formula is C51H86O6. The molecule has 0 amide bonds. The normalized spacial score (nSPS) is 12.7. The predicted molar refractivity (Wildman–Crippen MR) is 242 cm³/mol. The molecule has 0 spiro atoms. The summed E-state index contributed by atoms with van der Waals surface area (Å²) in [6.07, 6.45) is 56.1.